The number of benzene rings is 1. The highest BCUT2D eigenvalue weighted by atomic mass is 16.5. The predicted octanol–water partition coefficient (Wildman–Crippen LogP) is 2.00. The maximum atomic E-state index is 5.79. The molecule has 0 bridgehead atoms. The van der Waals surface area contributed by atoms with Crippen molar-refractivity contribution in [3.63, 3.8) is 0 Å². The van der Waals surface area contributed by atoms with Crippen molar-refractivity contribution in [2.24, 2.45) is 5.73 Å². The molecule has 0 aliphatic rings. The van der Waals surface area contributed by atoms with Crippen LogP contribution in [0.15, 0.2) is 18.2 Å². The van der Waals surface area contributed by atoms with E-state index in [-0.39, 0.29) is 6.04 Å². The molecule has 2 N–H and O–H groups in total. The molecule has 0 aliphatic carbocycles. The molecule has 0 saturated carbocycles. The van der Waals surface area contributed by atoms with Crippen LogP contribution < -0.4 is 15.2 Å². The van der Waals surface area contributed by atoms with Crippen LogP contribution in [0.2, 0.25) is 0 Å². The van der Waals surface area contributed by atoms with Gasteiger partial charge in [0.1, 0.15) is 6.61 Å². The van der Waals surface area contributed by atoms with Gasteiger partial charge in [0.2, 0.25) is 0 Å². The first-order valence-electron chi connectivity index (χ1n) is 6.30. The van der Waals surface area contributed by atoms with Gasteiger partial charge in [-0.1, -0.05) is 6.07 Å². The Kier molecular flexibility index (Phi) is 6.54. The molecular formula is C14H23NO3. The van der Waals surface area contributed by atoms with Crippen molar-refractivity contribution in [3.8, 4) is 11.5 Å². The number of ether oxygens (including phenoxy) is 3. The smallest absolute Gasteiger partial charge is 0.161 e. The van der Waals surface area contributed by atoms with E-state index in [1.54, 1.807) is 7.11 Å². The predicted molar refractivity (Wildman–Crippen MR) is 72.3 cm³/mol. The SMILES string of the molecule is CCOCCOc1cc(CC(C)N)ccc1OC. The van der Waals surface area contributed by atoms with E-state index in [1.807, 2.05) is 32.0 Å². The van der Waals surface area contributed by atoms with Gasteiger partial charge in [0.15, 0.2) is 11.5 Å². The summed E-state index contributed by atoms with van der Waals surface area (Å²) >= 11 is 0. The zero-order valence-corrected chi connectivity index (χ0v) is 11.4. The minimum absolute atomic E-state index is 0.134. The van der Waals surface area contributed by atoms with E-state index in [2.05, 4.69) is 0 Å². The van der Waals surface area contributed by atoms with Gasteiger partial charge >= 0.3 is 0 Å². The van der Waals surface area contributed by atoms with Crippen LogP contribution in [0.1, 0.15) is 19.4 Å². The Morgan fingerprint density at radius 3 is 2.61 bits per heavy atom. The third-order valence-electron chi connectivity index (χ3n) is 2.48. The van der Waals surface area contributed by atoms with E-state index < -0.39 is 0 Å². The molecule has 0 amide bonds. The molecule has 1 rings (SSSR count). The van der Waals surface area contributed by atoms with Gasteiger partial charge < -0.3 is 19.9 Å². The van der Waals surface area contributed by atoms with E-state index in [9.17, 15) is 0 Å². The number of methoxy groups -OCH3 is 1. The second-order valence-electron chi connectivity index (χ2n) is 4.21. The van der Waals surface area contributed by atoms with Crippen molar-refractivity contribution < 1.29 is 14.2 Å². The topological polar surface area (TPSA) is 53.7 Å². The molecule has 4 nitrogen and oxygen atoms in total. The Hall–Kier alpha value is -1.26. The van der Waals surface area contributed by atoms with Crippen molar-refractivity contribution in [1.82, 2.24) is 0 Å². The number of nitrogens with two attached hydrogens (primary N) is 1. The van der Waals surface area contributed by atoms with Crippen LogP contribution in [-0.2, 0) is 11.2 Å². The molecule has 0 saturated heterocycles. The van der Waals surface area contributed by atoms with Crippen molar-refractivity contribution in [2.45, 2.75) is 26.3 Å². The Labute approximate surface area is 109 Å². The van der Waals surface area contributed by atoms with Crippen molar-refractivity contribution in [1.29, 1.82) is 0 Å². The Morgan fingerprint density at radius 1 is 1.22 bits per heavy atom. The van der Waals surface area contributed by atoms with Gasteiger partial charge in [-0.15, -0.1) is 0 Å². The number of rotatable bonds is 8. The van der Waals surface area contributed by atoms with Crippen LogP contribution in [0, 0.1) is 0 Å². The summed E-state index contributed by atoms with van der Waals surface area (Å²) in [5.41, 5.74) is 6.94. The highest BCUT2D eigenvalue weighted by Crippen LogP contribution is 2.28. The Bertz CT molecular complexity index is 353. The van der Waals surface area contributed by atoms with Gasteiger partial charge in [-0.05, 0) is 38.0 Å². The van der Waals surface area contributed by atoms with Gasteiger partial charge in [-0.2, -0.15) is 0 Å². The zero-order chi connectivity index (χ0) is 13.4. The molecule has 0 aliphatic heterocycles. The van der Waals surface area contributed by atoms with E-state index in [0.717, 1.165) is 23.5 Å². The summed E-state index contributed by atoms with van der Waals surface area (Å²) < 4.78 is 16.2. The molecule has 1 aromatic carbocycles. The van der Waals surface area contributed by atoms with Crippen LogP contribution in [-0.4, -0.2) is 33.0 Å². The first kappa shape index (κ1) is 14.8. The molecule has 1 unspecified atom stereocenters. The van der Waals surface area contributed by atoms with Gasteiger partial charge in [0.25, 0.3) is 0 Å². The second-order valence-corrected chi connectivity index (χ2v) is 4.21. The standard InChI is InChI=1S/C14H23NO3/c1-4-17-7-8-18-14-10-12(9-11(2)15)5-6-13(14)16-3/h5-6,10-11H,4,7-9,15H2,1-3H3. The minimum atomic E-state index is 0.134. The Morgan fingerprint density at radius 2 is 2.00 bits per heavy atom. The summed E-state index contributed by atoms with van der Waals surface area (Å²) in [6, 6.07) is 6.04. The van der Waals surface area contributed by atoms with Crippen molar-refractivity contribution >= 4 is 0 Å². The zero-order valence-electron chi connectivity index (χ0n) is 11.4. The Balaban J connectivity index is 2.66. The molecule has 18 heavy (non-hydrogen) atoms. The average Bonchev–Trinajstić information content (AvgIpc) is 2.34. The van der Waals surface area contributed by atoms with Gasteiger partial charge in [0.05, 0.1) is 13.7 Å². The molecule has 0 radical (unpaired) electrons. The summed E-state index contributed by atoms with van der Waals surface area (Å²) in [5, 5.41) is 0. The normalized spacial score (nSPS) is 12.2. The minimum Gasteiger partial charge on any atom is -0.493 e. The van der Waals surface area contributed by atoms with Crippen molar-refractivity contribution in [3.05, 3.63) is 23.8 Å². The second kappa shape index (κ2) is 7.95. The summed E-state index contributed by atoms with van der Waals surface area (Å²) in [5.74, 6) is 1.48. The molecule has 0 aromatic heterocycles. The highest BCUT2D eigenvalue weighted by Gasteiger charge is 2.07. The fraction of sp³-hybridized carbons (Fsp3) is 0.571. The average molecular weight is 253 g/mol. The molecule has 0 heterocycles. The first-order chi connectivity index (χ1) is 8.67. The lowest BCUT2D eigenvalue weighted by molar-refractivity contribution is 0.109. The lowest BCUT2D eigenvalue weighted by Gasteiger charge is -2.13. The third-order valence-corrected chi connectivity index (χ3v) is 2.48. The third kappa shape index (κ3) is 4.94. The summed E-state index contributed by atoms with van der Waals surface area (Å²) in [7, 11) is 1.63. The van der Waals surface area contributed by atoms with Crippen LogP contribution in [0.4, 0.5) is 0 Å². The monoisotopic (exact) mass is 253 g/mol. The fourth-order valence-electron chi connectivity index (χ4n) is 1.69. The number of hydrogen-bond acceptors (Lipinski definition) is 4. The quantitative estimate of drug-likeness (QED) is 0.720. The van der Waals surface area contributed by atoms with Crippen LogP contribution in [0.3, 0.4) is 0 Å². The molecule has 0 fully saturated rings. The summed E-state index contributed by atoms with van der Waals surface area (Å²) in [6.07, 6.45) is 0.825. The first-order valence-corrected chi connectivity index (χ1v) is 6.30. The highest BCUT2D eigenvalue weighted by molar-refractivity contribution is 5.43. The van der Waals surface area contributed by atoms with Crippen molar-refractivity contribution in [2.75, 3.05) is 26.9 Å². The van der Waals surface area contributed by atoms with Gasteiger partial charge in [-0.3, -0.25) is 0 Å². The summed E-state index contributed by atoms with van der Waals surface area (Å²) in [6.45, 7) is 5.75. The number of hydrogen-bond donors (Lipinski definition) is 1. The lowest BCUT2D eigenvalue weighted by Crippen LogP contribution is -2.17. The van der Waals surface area contributed by atoms with Crippen LogP contribution >= 0.6 is 0 Å². The fourth-order valence-corrected chi connectivity index (χ4v) is 1.69. The lowest BCUT2D eigenvalue weighted by atomic mass is 10.1. The van der Waals surface area contributed by atoms with Crippen LogP contribution in [0.5, 0.6) is 11.5 Å². The molecule has 1 aromatic rings. The molecular weight excluding hydrogens is 230 g/mol. The molecule has 0 spiro atoms. The maximum Gasteiger partial charge on any atom is 0.161 e. The van der Waals surface area contributed by atoms with Gasteiger partial charge in [0, 0.05) is 12.6 Å². The summed E-state index contributed by atoms with van der Waals surface area (Å²) in [4.78, 5) is 0. The van der Waals surface area contributed by atoms with Crippen LogP contribution in [0.25, 0.3) is 0 Å². The maximum absolute atomic E-state index is 5.79. The van der Waals surface area contributed by atoms with E-state index >= 15 is 0 Å². The van der Waals surface area contributed by atoms with Gasteiger partial charge in [-0.25, -0.2) is 0 Å². The van der Waals surface area contributed by atoms with E-state index in [1.165, 1.54) is 0 Å². The largest absolute Gasteiger partial charge is 0.493 e. The van der Waals surface area contributed by atoms with E-state index in [4.69, 9.17) is 19.9 Å². The van der Waals surface area contributed by atoms with E-state index in [0.29, 0.717) is 19.8 Å². The molecule has 1 atom stereocenters. The molecule has 4 heteroatoms. The molecule has 102 valence electrons.